The van der Waals surface area contributed by atoms with E-state index in [9.17, 15) is 29.3 Å². The summed E-state index contributed by atoms with van der Waals surface area (Å²) in [7, 11) is 1.81. The van der Waals surface area contributed by atoms with Crippen molar-refractivity contribution in [1.82, 2.24) is 0 Å². The van der Waals surface area contributed by atoms with Crippen LogP contribution in [0.4, 0.5) is 55.1 Å². The number of carbonyl (C=O) groups excluding carboxylic acids is 4. The zero-order valence-electron chi connectivity index (χ0n) is 30.3. The molecule has 282 valence electrons. The summed E-state index contributed by atoms with van der Waals surface area (Å²) in [5, 5.41) is 24.8. The Bertz CT molecular complexity index is 1960. The van der Waals surface area contributed by atoms with Gasteiger partial charge in [-0.2, -0.15) is 15.1 Å². The lowest BCUT2D eigenvalue weighted by Crippen LogP contribution is -2.25. The third-order valence-corrected chi connectivity index (χ3v) is 6.49. The van der Waals surface area contributed by atoms with Crippen LogP contribution in [0.15, 0.2) is 111 Å². The average molecular weight is 741 g/mol. The fraction of sp³-hybridized carbons (Fsp3) is 0.243. The summed E-state index contributed by atoms with van der Waals surface area (Å²) in [5.74, 6) is 0.0500. The van der Waals surface area contributed by atoms with Gasteiger partial charge in [0.05, 0.1) is 34.6 Å². The van der Waals surface area contributed by atoms with Crippen LogP contribution in [0.5, 0.6) is 5.75 Å². The first-order valence-corrected chi connectivity index (χ1v) is 16.6. The molecule has 0 unspecified atom stereocenters. The summed E-state index contributed by atoms with van der Waals surface area (Å²) in [6.45, 7) is 8.11. The van der Waals surface area contributed by atoms with Crippen LogP contribution in [0.2, 0.25) is 0 Å². The molecule has 0 fully saturated rings. The van der Waals surface area contributed by atoms with E-state index in [1.54, 1.807) is 60.7 Å². The van der Waals surface area contributed by atoms with E-state index in [1.807, 2.05) is 39.6 Å². The van der Waals surface area contributed by atoms with Gasteiger partial charge in [-0.25, -0.2) is 19.2 Å². The number of hydrogen-bond acceptors (Lipinski definition) is 14. The minimum absolute atomic E-state index is 0.0500. The topological polar surface area (TPSA) is 216 Å². The monoisotopic (exact) mass is 740 g/mol. The van der Waals surface area contributed by atoms with Gasteiger partial charge in [0.1, 0.15) is 25.5 Å². The molecule has 0 aliphatic carbocycles. The van der Waals surface area contributed by atoms with Gasteiger partial charge in [0.25, 0.3) is 5.69 Å². The molecule has 2 amide bonds. The number of nitrogens with one attached hydrogen (secondary N) is 2. The van der Waals surface area contributed by atoms with Crippen molar-refractivity contribution in [3.05, 3.63) is 101 Å². The molecule has 0 atom stereocenters. The molecule has 0 saturated carbocycles. The number of ether oxygens (including phenoxy) is 3. The number of nitro benzene ring substituents is 1. The molecule has 0 bridgehead atoms. The standard InChI is InChI=1S/C33H28N8O9.2C2H6/c1-40(14-15-49-32(44)36-26-6-2-4-24(18-26)34-21-42)28-10-8-23(9-11-28)38-39-30-13-12-29(41(46)47)20-31(30)48-16-17-50-33(45)37-27-7-3-5-25(19-27)35-22-43;2*1-2/h2-13,18-20H,14-17H2,1H3,(H,36,44)(H,37,45);2*1-2H3. The van der Waals surface area contributed by atoms with Gasteiger partial charge in [0, 0.05) is 30.2 Å². The number of carbonyl (C=O) groups is 2. The second-order valence-corrected chi connectivity index (χ2v) is 9.92. The third-order valence-electron chi connectivity index (χ3n) is 6.49. The lowest BCUT2D eigenvalue weighted by molar-refractivity contribution is -0.384. The molecule has 0 radical (unpaired) electrons. The molecule has 54 heavy (non-hydrogen) atoms. The van der Waals surface area contributed by atoms with Gasteiger partial charge in [0.2, 0.25) is 12.2 Å². The number of benzene rings is 4. The Morgan fingerprint density at radius 2 is 1.28 bits per heavy atom. The predicted molar refractivity (Wildman–Crippen MR) is 204 cm³/mol. The van der Waals surface area contributed by atoms with Crippen molar-refractivity contribution in [1.29, 1.82) is 0 Å². The minimum Gasteiger partial charge on any atom is -0.487 e. The summed E-state index contributed by atoms with van der Waals surface area (Å²) in [4.78, 5) is 64.7. The zero-order valence-corrected chi connectivity index (χ0v) is 30.3. The first kappa shape index (κ1) is 42.9. The fourth-order valence-electron chi connectivity index (χ4n) is 4.11. The maximum Gasteiger partial charge on any atom is 0.411 e. The minimum atomic E-state index is -0.794. The average Bonchev–Trinajstić information content (AvgIpc) is 3.18. The number of isocyanates is 2. The number of non-ortho nitro benzene ring substituents is 1. The van der Waals surface area contributed by atoms with E-state index < -0.39 is 17.1 Å². The first-order chi connectivity index (χ1) is 26.2. The van der Waals surface area contributed by atoms with Crippen molar-refractivity contribution in [2.45, 2.75) is 27.7 Å². The highest BCUT2D eigenvalue weighted by molar-refractivity contribution is 5.86. The van der Waals surface area contributed by atoms with Crippen LogP contribution >= 0.6 is 0 Å². The number of nitro groups is 1. The van der Waals surface area contributed by atoms with Crippen LogP contribution in [-0.2, 0) is 19.1 Å². The summed E-state index contributed by atoms with van der Waals surface area (Å²) in [5.41, 5.74) is 2.66. The quantitative estimate of drug-likeness (QED) is 0.0294. The number of rotatable bonds is 15. The van der Waals surface area contributed by atoms with Gasteiger partial charge in [-0.15, -0.1) is 5.11 Å². The molecular formula is C37H40N8O9. The van der Waals surface area contributed by atoms with Crippen LogP contribution in [0.25, 0.3) is 0 Å². The van der Waals surface area contributed by atoms with E-state index in [0.717, 1.165) is 5.69 Å². The number of likely N-dealkylation sites (N-methyl/N-ethyl adjacent to an activating group) is 1. The maximum atomic E-state index is 12.1. The Morgan fingerprint density at radius 1 is 0.722 bits per heavy atom. The summed E-state index contributed by atoms with van der Waals surface area (Å²) < 4.78 is 16.0. The van der Waals surface area contributed by atoms with Crippen LogP contribution < -0.4 is 20.3 Å². The van der Waals surface area contributed by atoms with E-state index in [1.165, 1.54) is 42.5 Å². The third kappa shape index (κ3) is 14.9. The van der Waals surface area contributed by atoms with Crippen LogP contribution in [0, 0.1) is 10.1 Å². The zero-order chi connectivity index (χ0) is 39.7. The second-order valence-electron chi connectivity index (χ2n) is 9.92. The molecule has 0 aliphatic rings. The normalized spacial score (nSPS) is 9.72. The van der Waals surface area contributed by atoms with Crippen molar-refractivity contribution in [2.75, 3.05) is 48.9 Å². The van der Waals surface area contributed by atoms with Gasteiger partial charge in [0.15, 0.2) is 5.75 Å². The molecule has 0 aromatic heterocycles. The molecule has 0 saturated heterocycles. The number of amides is 2. The Labute approximate surface area is 311 Å². The Balaban J connectivity index is 0.00000244. The Morgan fingerprint density at radius 3 is 1.81 bits per heavy atom. The molecule has 17 nitrogen and oxygen atoms in total. The van der Waals surface area contributed by atoms with E-state index in [4.69, 9.17) is 14.2 Å². The Hall–Kier alpha value is -7.22. The molecule has 0 heterocycles. The van der Waals surface area contributed by atoms with Crippen molar-refractivity contribution in [3.63, 3.8) is 0 Å². The van der Waals surface area contributed by atoms with Gasteiger partial charge in [-0.3, -0.25) is 20.7 Å². The molecule has 0 spiro atoms. The van der Waals surface area contributed by atoms with Crippen LogP contribution in [0.1, 0.15) is 27.7 Å². The number of nitrogens with zero attached hydrogens (tertiary/aromatic N) is 6. The number of hydrogen-bond donors (Lipinski definition) is 2. The lowest BCUT2D eigenvalue weighted by Gasteiger charge is -2.19. The molecule has 4 rings (SSSR count). The smallest absolute Gasteiger partial charge is 0.411 e. The van der Waals surface area contributed by atoms with Crippen molar-refractivity contribution < 1.29 is 38.3 Å². The van der Waals surface area contributed by atoms with Crippen LogP contribution in [-0.4, -0.2) is 62.7 Å². The van der Waals surface area contributed by atoms with E-state index in [0.29, 0.717) is 35.0 Å². The van der Waals surface area contributed by atoms with Gasteiger partial charge >= 0.3 is 12.2 Å². The lowest BCUT2D eigenvalue weighted by atomic mass is 10.2. The van der Waals surface area contributed by atoms with Crippen molar-refractivity contribution in [3.8, 4) is 5.75 Å². The van der Waals surface area contributed by atoms with Crippen molar-refractivity contribution >= 4 is 69.8 Å². The highest BCUT2D eigenvalue weighted by atomic mass is 16.6. The fourth-order valence-corrected chi connectivity index (χ4v) is 4.11. The maximum absolute atomic E-state index is 12.1. The first-order valence-electron chi connectivity index (χ1n) is 16.6. The molecule has 0 aliphatic heterocycles. The SMILES string of the molecule is CC.CC.CN(CCOC(=O)Nc1cccc(N=C=O)c1)c1ccc(N=Nc2ccc([N+](=O)[O-])cc2OCCOC(=O)Nc2cccc(N=C=O)c2)cc1. The Kier molecular flexibility index (Phi) is 19.1. The molecular weight excluding hydrogens is 700 g/mol. The van der Waals surface area contributed by atoms with E-state index >= 15 is 0 Å². The van der Waals surface area contributed by atoms with Gasteiger partial charge in [-0.1, -0.05) is 39.8 Å². The second kappa shape index (κ2) is 24.1. The molecule has 17 heteroatoms. The van der Waals surface area contributed by atoms with E-state index in [2.05, 4.69) is 30.8 Å². The highest BCUT2D eigenvalue weighted by Gasteiger charge is 2.13. The predicted octanol–water partition coefficient (Wildman–Crippen LogP) is 9.31. The number of aliphatic imine (C=N–C) groups is 2. The number of azo groups is 1. The number of anilines is 3. The van der Waals surface area contributed by atoms with Gasteiger partial charge < -0.3 is 19.1 Å². The highest BCUT2D eigenvalue weighted by Crippen LogP contribution is 2.33. The van der Waals surface area contributed by atoms with Crippen molar-refractivity contribution in [2.24, 2.45) is 20.2 Å². The van der Waals surface area contributed by atoms with Gasteiger partial charge in [-0.05, 0) is 66.7 Å². The van der Waals surface area contributed by atoms with E-state index in [-0.39, 0.29) is 36.9 Å². The molecule has 4 aromatic rings. The molecule has 2 N–H and O–H groups in total. The largest absolute Gasteiger partial charge is 0.487 e. The molecule has 4 aromatic carbocycles. The van der Waals surface area contributed by atoms with Crippen LogP contribution in [0.3, 0.4) is 0 Å². The summed E-state index contributed by atoms with van der Waals surface area (Å²) in [6, 6.07) is 23.3. The summed E-state index contributed by atoms with van der Waals surface area (Å²) in [6.07, 6.45) is 1.39. The summed E-state index contributed by atoms with van der Waals surface area (Å²) >= 11 is 0.